The Morgan fingerprint density at radius 3 is 2.73 bits per heavy atom. The number of nitrogens with zero attached hydrogens (tertiary/aromatic N) is 2. The molecule has 0 spiro atoms. The van der Waals surface area contributed by atoms with E-state index in [0.717, 1.165) is 9.35 Å². The van der Waals surface area contributed by atoms with Crippen LogP contribution in [0.2, 0.25) is 0 Å². The van der Waals surface area contributed by atoms with Gasteiger partial charge in [0.15, 0.2) is 11.6 Å². The van der Waals surface area contributed by atoms with Crippen LogP contribution >= 0.6 is 27.3 Å². The van der Waals surface area contributed by atoms with E-state index in [-0.39, 0.29) is 23.7 Å². The number of aromatic nitrogens is 2. The Balaban J connectivity index is 1.47. The zero-order valence-electron chi connectivity index (χ0n) is 15.3. The monoisotopic (exact) mass is 498 g/mol. The second kappa shape index (κ2) is 7.99. The topological polar surface area (TPSA) is 61.2 Å². The van der Waals surface area contributed by atoms with Crippen LogP contribution in [0.15, 0.2) is 47.2 Å². The van der Waals surface area contributed by atoms with Crippen LogP contribution in [0, 0.1) is 0 Å². The summed E-state index contributed by atoms with van der Waals surface area (Å²) in [6.07, 6.45) is -0.513. The van der Waals surface area contributed by atoms with Gasteiger partial charge in [0.25, 0.3) is 0 Å². The van der Waals surface area contributed by atoms with Gasteiger partial charge < -0.3 is 9.30 Å². The Hall–Kier alpha value is -2.46. The molecule has 1 unspecified atom stereocenters. The molecule has 0 saturated carbocycles. The molecule has 156 valence electrons. The molecule has 10 heteroatoms. The lowest BCUT2D eigenvalue weighted by Crippen LogP contribution is -2.28. The molecule has 30 heavy (non-hydrogen) atoms. The smallest absolute Gasteiger partial charge is 0.406 e. The van der Waals surface area contributed by atoms with E-state index < -0.39 is 12.4 Å². The molecule has 4 rings (SSSR count). The number of carbonyl (C=O) groups is 2. The minimum atomic E-state index is -4.74. The first-order valence-corrected chi connectivity index (χ1v) is 10.5. The van der Waals surface area contributed by atoms with Gasteiger partial charge in [-0.15, -0.1) is 24.5 Å². The van der Waals surface area contributed by atoms with Crippen molar-refractivity contribution in [1.82, 2.24) is 9.55 Å². The summed E-state index contributed by atoms with van der Waals surface area (Å²) in [5, 5.41) is 0.607. The SMILES string of the molecule is O=C1CCC(C(=O)Cc2ncc(-c3ccc(OC(F)(F)F)cc3)s2)n2cc(Br)cc21. The van der Waals surface area contributed by atoms with Gasteiger partial charge >= 0.3 is 6.36 Å². The van der Waals surface area contributed by atoms with Crippen molar-refractivity contribution in [2.24, 2.45) is 0 Å². The summed E-state index contributed by atoms with van der Waals surface area (Å²) in [6, 6.07) is 6.79. The first-order chi connectivity index (χ1) is 14.2. The molecule has 0 bridgehead atoms. The normalized spacial score (nSPS) is 16.4. The molecular formula is C20H14BrF3N2O3S. The molecule has 2 aromatic heterocycles. The number of ketones is 2. The van der Waals surface area contributed by atoms with Crippen LogP contribution in [0.5, 0.6) is 5.75 Å². The van der Waals surface area contributed by atoms with E-state index in [4.69, 9.17) is 0 Å². The van der Waals surface area contributed by atoms with Gasteiger partial charge in [-0.1, -0.05) is 0 Å². The Kier molecular flexibility index (Phi) is 5.54. The minimum Gasteiger partial charge on any atom is -0.406 e. The van der Waals surface area contributed by atoms with Gasteiger partial charge in [0.1, 0.15) is 10.8 Å². The zero-order chi connectivity index (χ0) is 21.5. The van der Waals surface area contributed by atoms with Gasteiger partial charge in [-0.3, -0.25) is 9.59 Å². The first-order valence-electron chi connectivity index (χ1n) is 8.94. The van der Waals surface area contributed by atoms with E-state index in [1.165, 1.54) is 35.6 Å². The third-order valence-electron chi connectivity index (χ3n) is 4.70. The van der Waals surface area contributed by atoms with Crippen LogP contribution in [0.1, 0.15) is 34.4 Å². The number of ether oxygens (including phenoxy) is 1. The van der Waals surface area contributed by atoms with Crippen molar-refractivity contribution in [2.45, 2.75) is 31.7 Å². The van der Waals surface area contributed by atoms with Crippen molar-refractivity contribution in [3.63, 3.8) is 0 Å². The predicted octanol–water partition coefficient (Wildman–Crippen LogP) is 5.60. The summed E-state index contributed by atoms with van der Waals surface area (Å²) in [6.45, 7) is 0. The van der Waals surface area contributed by atoms with Gasteiger partial charge in [0.2, 0.25) is 0 Å². The maximum atomic E-state index is 12.9. The molecule has 5 nitrogen and oxygen atoms in total. The van der Waals surface area contributed by atoms with E-state index in [9.17, 15) is 22.8 Å². The third-order valence-corrected chi connectivity index (χ3v) is 6.18. The number of carbonyl (C=O) groups excluding carboxylic acids is 2. The predicted molar refractivity (Wildman–Crippen MR) is 108 cm³/mol. The standard InChI is InChI=1S/C20H14BrF3N2O3S/c21-12-7-15-16(27)6-5-14(26(15)10-12)17(28)8-19-25-9-18(30-19)11-1-3-13(4-2-11)29-20(22,23)24/h1-4,7,9-10,14H,5-6,8H2. The van der Waals surface area contributed by atoms with Crippen molar-refractivity contribution in [1.29, 1.82) is 0 Å². The van der Waals surface area contributed by atoms with E-state index in [0.29, 0.717) is 29.1 Å². The van der Waals surface area contributed by atoms with Crippen LogP contribution in [0.25, 0.3) is 10.4 Å². The number of hydrogen-bond donors (Lipinski definition) is 0. The van der Waals surface area contributed by atoms with Gasteiger partial charge in [-0.25, -0.2) is 4.98 Å². The number of thiazole rings is 1. The molecule has 0 fully saturated rings. The molecule has 0 aliphatic carbocycles. The molecule has 1 aromatic carbocycles. The molecule has 1 aliphatic rings. The average Bonchev–Trinajstić information content (AvgIpc) is 3.28. The molecule has 3 heterocycles. The van der Waals surface area contributed by atoms with Gasteiger partial charge in [0, 0.05) is 23.3 Å². The summed E-state index contributed by atoms with van der Waals surface area (Å²) in [5.74, 6) is -0.326. The minimum absolute atomic E-state index is 0.0132. The van der Waals surface area contributed by atoms with Crippen LogP contribution in [-0.2, 0) is 11.2 Å². The summed E-state index contributed by atoms with van der Waals surface area (Å²) < 4.78 is 43.2. The maximum absolute atomic E-state index is 12.9. The number of hydrogen-bond acceptors (Lipinski definition) is 5. The molecular weight excluding hydrogens is 485 g/mol. The second-order valence-corrected chi connectivity index (χ2v) is 8.79. The lowest BCUT2D eigenvalue weighted by molar-refractivity contribution is -0.274. The number of halogens is 4. The Labute approximate surface area is 181 Å². The highest BCUT2D eigenvalue weighted by molar-refractivity contribution is 9.10. The number of Topliss-reactive ketones (excluding diaryl/α,β-unsaturated/α-hetero) is 2. The van der Waals surface area contributed by atoms with Crippen LogP contribution in [0.3, 0.4) is 0 Å². The Morgan fingerprint density at radius 2 is 2.03 bits per heavy atom. The van der Waals surface area contributed by atoms with Crippen molar-refractivity contribution in [3.8, 4) is 16.2 Å². The molecule has 0 saturated heterocycles. The van der Waals surface area contributed by atoms with E-state index >= 15 is 0 Å². The maximum Gasteiger partial charge on any atom is 0.573 e. The van der Waals surface area contributed by atoms with E-state index in [2.05, 4.69) is 25.7 Å². The molecule has 3 aromatic rings. The number of benzene rings is 1. The summed E-state index contributed by atoms with van der Waals surface area (Å²) in [7, 11) is 0. The highest BCUT2D eigenvalue weighted by Gasteiger charge is 2.32. The number of alkyl halides is 3. The Bertz CT molecular complexity index is 1110. The lowest BCUT2D eigenvalue weighted by atomic mass is 9.97. The third kappa shape index (κ3) is 4.49. The highest BCUT2D eigenvalue weighted by Crippen LogP contribution is 2.33. The summed E-state index contributed by atoms with van der Waals surface area (Å²) in [5.41, 5.74) is 1.20. The molecule has 0 N–H and O–H groups in total. The fourth-order valence-electron chi connectivity index (χ4n) is 3.39. The lowest BCUT2D eigenvalue weighted by Gasteiger charge is -2.23. The van der Waals surface area contributed by atoms with E-state index in [1.807, 2.05) is 0 Å². The molecule has 1 aliphatic heterocycles. The van der Waals surface area contributed by atoms with Gasteiger partial charge in [-0.2, -0.15) is 0 Å². The largest absolute Gasteiger partial charge is 0.573 e. The van der Waals surface area contributed by atoms with Gasteiger partial charge in [-0.05, 0) is 58.2 Å². The highest BCUT2D eigenvalue weighted by atomic mass is 79.9. The number of rotatable bonds is 5. The van der Waals surface area contributed by atoms with Gasteiger partial charge in [0.05, 0.1) is 23.0 Å². The van der Waals surface area contributed by atoms with Crippen LogP contribution in [-0.4, -0.2) is 27.5 Å². The Morgan fingerprint density at radius 1 is 1.30 bits per heavy atom. The average molecular weight is 499 g/mol. The zero-order valence-corrected chi connectivity index (χ0v) is 17.7. The van der Waals surface area contributed by atoms with Crippen LogP contribution < -0.4 is 4.74 Å². The van der Waals surface area contributed by atoms with E-state index in [1.54, 1.807) is 23.0 Å². The summed E-state index contributed by atoms with van der Waals surface area (Å²) >= 11 is 4.65. The summed E-state index contributed by atoms with van der Waals surface area (Å²) in [4.78, 5) is 29.9. The quantitative estimate of drug-likeness (QED) is 0.459. The van der Waals surface area contributed by atoms with Crippen LogP contribution in [0.4, 0.5) is 13.2 Å². The fourth-order valence-corrected chi connectivity index (χ4v) is 4.76. The van der Waals surface area contributed by atoms with Crippen molar-refractivity contribution >= 4 is 38.8 Å². The molecule has 0 radical (unpaired) electrons. The second-order valence-electron chi connectivity index (χ2n) is 6.76. The van der Waals surface area contributed by atoms with Crippen molar-refractivity contribution in [2.75, 3.05) is 0 Å². The molecule has 1 atom stereocenters. The first kappa shape index (κ1) is 20.8. The fraction of sp³-hybridized carbons (Fsp3) is 0.250. The van der Waals surface area contributed by atoms with Crippen molar-refractivity contribution in [3.05, 3.63) is 57.9 Å². The molecule has 0 amide bonds. The number of fused-ring (bicyclic) bond motifs is 1. The van der Waals surface area contributed by atoms with Crippen molar-refractivity contribution < 1.29 is 27.5 Å².